The summed E-state index contributed by atoms with van der Waals surface area (Å²) in [5.41, 5.74) is 3.77. The monoisotopic (exact) mass is 270 g/mol. The molecule has 20 heavy (non-hydrogen) atoms. The van der Waals surface area contributed by atoms with Crippen LogP contribution in [0.15, 0.2) is 35.4 Å². The van der Waals surface area contributed by atoms with E-state index in [1.807, 2.05) is 25.1 Å². The van der Waals surface area contributed by atoms with E-state index >= 15 is 0 Å². The van der Waals surface area contributed by atoms with E-state index in [0.29, 0.717) is 11.2 Å². The quantitative estimate of drug-likeness (QED) is 0.746. The second kappa shape index (κ2) is 4.90. The lowest BCUT2D eigenvalue weighted by atomic mass is 10.1. The Bertz CT molecular complexity index is 805. The van der Waals surface area contributed by atoms with Crippen molar-refractivity contribution in [3.8, 4) is 11.1 Å². The predicted molar refractivity (Wildman–Crippen MR) is 75.4 cm³/mol. The van der Waals surface area contributed by atoms with Crippen molar-refractivity contribution in [3.05, 3.63) is 46.8 Å². The highest BCUT2D eigenvalue weighted by Gasteiger charge is 2.11. The number of aromatic amines is 1. The first-order chi connectivity index (χ1) is 9.70. The van der Waals surface area contributed by atoms with E-state index in [9.17, 15) is 4.79 Å². The summed E-state index contributed by atoms with van der Waals surface area (Å²) in [6.07, 6.45) is 3.44. The molecular weight excluding hydrogens is 256 g/mol. The first-order valence-electron chi connectivity index (χ1n) is 6.32. The van der Waals surface area contributed by atoms with Gasteiger partial charge in [0.1, 0.15) is 0 Å². The number of pyridine rings is 2. The highest BCUT2D eigenvalue weighted by Crippen LogP contribution is 2.24. The Morgan fingerprint density at radius 1 is 1.35 bits per heavy atom. The largest absolute Gasteiger partial charge is 0.395 e. The molecule has 3 aromatic rings. The summed E-state index contributed by atoms with van der Waals surface area (Å²) in [7, 11) is 0. The predicted octanol–water partition coefficient (Wildman–Crippen LogP) is 1.09. The molecule has 0 saturated heterocycles. The maximum absolute atomic E-state index is 11.8. The SMILES string of the molecule is Cc1nc2c(cc1-c1ccncc1)[nH]c(=O)n2CCO. The van der Waals surface area contributed by atoms with E-state index in [1.54, 1.807) is 12.4 Å². The number of hydrogen-bond acceptors (Lipinski definition) is 4. The molecule has 0 aliphatic carbocycles. The fourth-order valence-corrected chi connectivity index (χ4v) is 2.30. The minimum atomic E-state index is -0.257. The molecule has 0 atom stereocenters. The molecule has 3 heterocycles. The molecule has 0 bridgehead atoms. The van der Waals surface area contributed by atoms with Gasteiger partial charge in [0.15, 0.2) is 5.65 Å². The lowest BCUT2D eigenvalue weighted by molar-refractivity contribution is 0.276. The number of aliphatic hydroxyl groups is 1. The molecule has 2 N–H and O–H groups in total. The van der Waals surface area contributed by atoms with Crippen LogP contribution in [0.3, 0.4) is 0 Å². The summed E-state index contributed by atoms with van der Waals surface area (Å²) in [6.45, 7) is 2.04. The number of imidazole rings is 1. The highest BCUT2D eigenvalue weighted by atomic mass is 16.3. The maximum atomic E-state index is 11.8. The summed E-state index contributed by atoms with van der Waals surface area (Å²) in [6, 6.07) is 5.71. The van der Waals surface area contributed by atoms with Crippen LogP contribution in [-0.2, 0) is 6.54 Å². The molecule has 0 aromatic carbocycles. The molecule has 0 unspecified atom stereocenters. The Labute approximate surface area is 114 Å². The molecule has 0 aliphatic rings. The Kier molecular flexibility index (Phi) is 3.08. The van der Waals surface area contributed by atoms with Gasteiger partial charge >= 0.3 is 5.69 Å². The van der Waals surface area contributed by atoms with Crippen molar-refractivity contribution in [1.82, 2.24) is 19.5 Å². The summed E-state index contributed by atoms with van der Waals surface area (Å²) >= 11 is 0. The lowest BCUT2D eigenvalue weighted by Crippen LogP contribution is -2.18. The van der Waals surface area contributed by atoms with Gasteiger partial charge in [-0.2, -0.15) is 0 Å². The molecule has 3 rings (SSSR count). The van der Waals surface area contributed by atoms with Crippen LogP contribution >= 0.6 is 0 Å². The molecule has 6 heteroatoms. The van der Waals surface area contributed by atoms with Crippen LogP contribution in [0.2, 0.25) is 0 Å². The molecule has 0 radical (unpaired) electrons. The van der Waals surface area contributed by atoms with Gasteiger partial charge in [-0.1, -0.05) is 0 Å². The van der Waals surface area contributed by atoms with E-state index < -0.39 is 0 Å². The second-order valence-corrected chi connectivity index (χ2v) is 4.53. The van der Waals surface area contributed by atoms with Crippen LogP contribution in [0.4, 0.5) is 0 Å². The normalized spacial score (nSPS) is 11.1. The summed E-state index contributed by atoms with van der Waals surface area (Å²) in [4.78, 5) is 23.1. The van der Waals surface area contributed by atoms with Gasteiger partial charge in [0.2, 0.25) is 0 Å². The average Bonchev–Trinajstić information content (AvgIpc) is 2.75. The topological polar surface area (TPSA) is 83.8 Å². The van der Waals surface area contributed by atoms with Gasteiger partial charge in [-0.05, 0) is 30.7 Å². The van der Waals surface area contributed by atoms with Gasteiger partial charge in [-0.25, -0.2) is 9.78 Å². The molecule has 102 valence electrons. The second-order valence-electron chi connectivity index (χ2n) is 4.53. The number of aryl methyl sites for hydroxylation is 1. The van der Waals surface area contributed by atoms with Gasteiger partial charge in [0.25, 0.3) is 0 Å². The van der Waals surface area contributed by atoms with Gasteiger partial charge < -0.3 is 10.1 Å². The number of aromatic nitrogens is 4. The summed E-state index contributed by atoms with van der Waals surface area (Å²) in [5.74, 6) is 0. The number of hydrogen-bond donors (Lipinski definition) is 2. The van der Waals surface area contributed by atoms with Crippen molar-refractivity contribution in [3.63, 3.8) is 0 Å². The fourth-order valence-electron chi connectivity index (χ4n) is 2.30. The maximum Gasteiger partial charge on any atom is 0.327 e. The number of nitrogens with one attached hydrogen (secondary N) is 1. The third-order valence-corrected chi connectivity index (χ3v) is 3.25. The molecule has 6 nitrogen and oxygen atoms in total. The zero-order valence-electron chi connectivity index (χ0n) is 11.0. The third kappa shape index (κ3) is 2.00. The summed E-state index contributed by atoms with van der Waals surface area (Å²) in [5, 5.41) is 9.02. The molecule has 0 saturated carbocycles. The van der Waals surface area contributed by atoms with Gasteiger partial charge in [-0.3, -0.25) is 9.55 Å². The van der Waals surface area contributed by atoms with Crippen molar-refractivity contribution in [1.29, 1.82) is 0 Å². The van der Waals surface area contributed by atoms with Gasteiger partial charge in [-0.15, -0.1) is 0 Å². The number of aliphatic hydroxyl groups excluding tert-OH is 1. The Balaban J connectivity index is 2.23. The fraction of sp³-hybridized carbons (Fsp3) is 0.214. The van der Waals surface area contributed by atoms with Gasteiger partial charge in [0.05, 0.1) is 18.7 Å². The van der Waals surface area contributed by atoms with E-state index in [-0.39, 0.29) is 18.8 Å². The Morgan fingerprint density at radius 3 is 2.80 bits per heavy atom. The van der Waals surface area contributed by atoms with Crippen molar-refractivity contribution >= 4 is 11.2 Å². The van der Waals surface area contributed by atoms with Crippen LogP contribution in [0, 0.1) is 6.92 Å². The van der Waals surface area contributed by atoms with E-state index in [0.717, 1.165) is 16.8 Å². The third-order valence-electron chi connectivity index (χ3n) is 3.25. The van der Waals surface area contributed by atoms with Crippen molar-refractivity contribution in [2.24, 2.45) is 0 Å². The van der Waals surface area contributed by atoms with Crippen LogP contribution in [0.5, 0.6) is 0 Å². The number of nitrogens with zero attached hydrogens (tertiary/aromatic N) is 3. The Morgan fingerprint density at radius 2 is 2.10 bits per heavy atom. The van der Waals surface area contributed by atoms with Crippen molar-refractivity contribution in [2.75, 3.05) is 6.61 Å². The molecular formula is C14H14N4O2. The van der Waals surface area contributed by atoms with Crippen molar-refractivity contribution in [2.45, 2.75) is 13.5 Å². The van der Waals surface area contributed by atoms with E-state index in [1.165, 1.54) is 4.57 Å². The zero-order valence-corrected chi connectivity index (χ0v) is 11.0. The molecule has 0 fully saturated rings. The smallest absolute Gasteiger partial charge is 0.327 e. The van der Waals surface area contributed by atoms with E-state index in [4.69, 9.17) is 5.11 Å². The Hall–Kier alpha value is -2.47. The number of rotatable bonds is 3. The van der Waals surface area contributed by atoms with Crippen molar-refractivity contribution < 1.29 is 5.11 Å². The lowest BCUT2D eigenvalue weighted by Gasteiger charge is -2.06. The van der Waals surface area contributed by atoms with Crippen LogP contribution in [0.25, 0.3) is 22.3 Å². The first kappa shape index (κ1) is 12.6. The highest BCUT2D eigenvalue weighted by molar-refractivity contribution is 5.79. The van der Waals surface area contributed by atoms with Gasteiger partial charge in [0, 0.05) is 23.7 Å². The molecule has 0 spiro atoms. The van der Waals surface area contributed by atoms with Crippen LogP contribution < -0.4 is 5.69 Å². The number of fused-ring (bicyclic) bond motifs is 1. The first-order valence-corrected chi connectivity index (χ1v) is 6.32. The molecule has 0 aliphatic heterocycles. The van der Waals surface area contributed by atoms with E-state index in [2.05, 4.69) is 15.0 Å². The minimum absolute atomic E-state index is 0.0975. The van der Waals surface area contributed by atoms with Crippen LogP contribution in [0.1, 0.15) is 5.69 Å². The standard InChI is InChI=1S/C14H14N4O2/c1-9-11(10-2-4-15-5-3-10)8-12-13(16-9)18(6-7-19)14(20)17-12/h2-5,8,19H,6-7H2,1H3,(H,17,20). The number of H-pyrrole nitrogens is 1. The summed E-state index contributed by atoms with van der Waals surface area (Å²) < 4.78 is 1.44. The minimum Gasteiger partial charge on any atom is -0.395 e. The average molecular weight is 270 g/mol. The van der Waals surface area contributed by atoms with Crippen LogP contribution in [-0.4, -0.2) is 31.2 Å². The molecule has 3 aromatic heterocycles. The molecule has 0 amide bonds. The zero-order chi connectivity index (χ0) is 14.1.